The molecule has 0 bridgehead atoms. The highest BCUT2D eigenvalue weighted by molar-refractivity contribution is 7.12. The van der Waals surface area contributed by atoms with Gasteiger partial charge in [-0.3, -0.25) is 4.79 Å². The maximum Gasteiger partial charge on any atom is 0.263 e. The summed E-state index contributed by atoms with van der Waals surface area (Å²) >= 11 is 1.53. The molecule has 7 heteroatoms. The van der Waals surface area contributed by atoms with Crippen LogP contribution in [-0.2, 0) is 0 Å². The van der Waals surface area contributed by atoms with Crippen LogP contribution in [0.2, 0.25) is 0 Å². The molecule has 1 spiro atoms. The van der Waals surface area contributed by atoms with Gasteiger partial charge in [-0.1, -0.05) is 6.07 Å². The summed E-state index contributed by atoms with van der Waals surface area (Å²) in [6, 6.07) is 5.94. The van der Waals surface area contributed by atoms with Crippen molar-refractivity contribution in [2.45, 2.75) is 18.8 Å². The molecular weight excluding hydrogens is 358 g/mol. The quantitative estimate of drug-likeness (QED) is 0.814. The molecule has 1 amide bonds. The van der Waals surface area contributed by atoms with Crippen molar-refractivity contribution in [2.75, 3.05) is 51.2 Å². The number of likely N-dealkylation sites (tertiary alicyclic amines) is 2. The van der Waals surface area contributed by atoms with Gasteiger partial charge in [0.25, 0.3) is 5.91 Å². The molecule has 1 atom stereocenters. The summed E-state index contributed by atoms with van der Waals surface area (Å²) in [6.07, 6.45) is 4.36. The Balaban J connectivity index is 1.36. The van der Waals surface area contributed by atoms with E-state index in [1.165, 1.54) is 24.2 Å². The molecule has 0 aromatic carbocycles. The molecule has 0 N–H and O–H groups in total. The second-order valence-electron chi connectivity index (χ2n) is 8.23. The van der Waals surface area contributed by atoms with Gasteiger partial charge in [-0.05, 0) is 37.4 Å². The van der Waals surface area contributed by atoms with Crippen molar-refractivity contribution in [2.24, 2.45) is 5.41 Å². The Morgan fingerprint density at radius 2 is 2.04 bits per heavy atom. The van der Waals surface area contributed by atoms with Crippen molar-refractivity contribution in [1.29, 1.82) is 0 Å². The summed E-state index contributed by atoms with van der Waals surface area (Å²) in [5.41, 5.74) is 1.26. The number of aromatic nitrogens is 2. The molecule has 5 heterocycles. The summed E-state index contributed by atoms with van der Waals surface area (Å²) in [7, 11) is 2.17. The van der Waals surface area contributed by atoms with Crippen LogP contribution < -0.4 is 4.90 Å². The Kier molecular flexibility index (Phi) is 4.16. The van der Waals surface area contributed by atoms with Crippen molar-refractivity contribution >= 4 is 23.2 Å². The number of anilines is 1. The molecule has 2 aromatic heterocycles. The first kappa shape index (κ1) is 17.1. The number of carbonyl (C=O) groups is 1. The molecule has 27 heavy (non-hydrogen) atoms. The number of nitrogens with zero attached hydrogens (tertiary/aromatic N) is 5. The first-order valence-electron chi connectivity index (χ1n) is 9.74. The summed E-state index contributed by atoms with van der Waals surface area (Å²) in [4.78, 5) is 29.7. The number of hydrogen-bond donors (Lipinski definition) is 0. The molecule has 3 aliphatic heterocycles. The monoisotopic (exact) mass is 383 g/mol. The van der Waals surface area contributed by atoms with Gasteiger partial charge in [-0.15, -0.1) is 11.3 Å². The van der Waals surface area contributed by atoms with Crippen LogP contribution in [0.25, 0.3) is 0 Å². The zero-order chi connectivity index (χ0) is 18.4. The van der Waals surface area contributed by atoms with Crippen molar-refractivity contribution < 1.29 is 4.79 Å². The molecule has 142 valence electrons. The van der Waals surface area contributed by atoms with E-state index >= 15 is 0 Å². The fourth-order valence-corrected chi connectivity index (χ4v) is 5.68. The van der Waals surface area contributed by atoms with Crippen LogP contribution in [0, 0.1) is 5.41 Å². The van der Waals surface area contributed by atoms with Gasteiger partial charge in [0.15, 0.2) is 0 Å². The van der Waals surface area contributed by atoms with Crippen LogP contribution >= 0.6 is 11.3 Å². The van der Waals surface area contributed by atoms with Crippen molar-refractivity contribution in [3.8, 4) is 0 Å². The van der Waals surface area contributed by atoms with Crippen molar-refractivity contribution in [1.82, 2.24) is 19.8 Å². The number of rotatable bonds is 3. The minimum Gasteiger partial charge on any atom is -0.341 e. The molecule has 1 unspecified atom stereocenters. The van der Waals surface area contributed by atoms with E-state index in [9.17, 15) is 4.79 Å². The van der Waals surface area contributed by atoms with Crippen LogP contribution in [0.1, 0.15) is 34.1 Å². The molecule has 3 fully saturated rings. The van der Waals surface area contributed by atoms with Crippen molar-refractivity contribution in [3.63, 3.8) is 0 Å². The number of carbonyl (C=O) groups excluding carboxylic acids is 1. The van der Waals surface area contributed by atoms with Crippen LogP contribution in [0.3, 0.4) is 0 Å². The summed E-state index contributed by atoms with van der Waals surface area (Å²) in [5, 5.41) is 1.97. The minimum absolute atomic E-state index is 0.123. The molecule has 0 aliphatic carbocycles. The van der Waals surface area contributed by atoms with Crippen LogP contribution in [-0.4, -0.2) is 72.0 Å². The summed E-state index contributed by atoms with van der Waals surface area (Å²) < 4.78 is 0. The van der Waals surface area contributed by atoms with Gasteiger partial charge >= 0.3 is 0 Å². The first-order valence-corrected chi connectivity index (χ1v) is 10.6. The number of hydrogen-bond acceptors (Lipinski definition) is 6. The Bertz CT molecular complexity index is 827. The van der Waals surface area contributed by atoms with Crippen LogP contribution in [0.4, 0.5) is 5.95 Å². The first-order chi connectivity index (χ1) is 13.1. The van der Waals surface area contributed by atoms with E-state index in [-0.39, 0.29) is 11.3 Å². The van der Waals surface area contributed by atoms with E-state index in [0.717, 1.165) is 55.8 Å². The van der Waals surface area contributed by atoms with Gasteiger partial charge in [0.2, 0.25) is 5.95 Å². The molecule has 2 aromatic rings. The maximum atomic E-state index is 12.7. The zero-order valence-electron chi connectivity index (χ0n) is 15.7. The predicted molar refractivity (Wildman–Crippen MR) is 106 cm³/mol. The Hall–Kier alpha value is -1.99. The normalized spacial score (nSPS) is 24.6. The third kappa shape index (κ3) is 2.93. The predicted octanol–water partition coefficient (Wildman–Crippen LogP) is 2.31. The Labute approximate surface area is 163 Å². The fourth-order valence-electron chi connectivity index (χ4n) is 4.98. The van der Waals surface area contributed by atoms with E-state index < -0.39 is 0 Å². The SMILES string of the molecule is CN1CC(c2ccnc(N3CCCC3)n2)C2(C1)CN(C(=O)c1cccs1)C2. The average molecular weight is 384 g/mol. The fraction of sp³-hybridized carbons (Fsp3) is 0.550. The number of amides is 1. The average Bonchev–Trinajstić information content (AvgIpc) is 3.39. The van der Waals surface area contributed by atoms with E-state index in [2.05, 4.69) is 27.9 Å². The zero-order valence-corrected chi connectivity index (χ0v) is 16.5. The summed E-state index contributed by atoms with van der Waals surface area (Å²) in [6.45, 7) is 5.78. The van der Waals surface area contributed by atoms with E-state index in [0.29, 0.717) is 5.92 Å². The second kappa shape index (κ2) is 6.56. The van der Waals surface area contributed by atoms with Gasteiger partial charge in [0.05, 0.1) is 10.6 Å². The Morgan fingerprint density at radius 3 is 2.78 bits per heavy atom. The highest BCUT2D eigenvalue weighted by Crippen LogP contribution is 2.48. The summed E-state index contributed by atoms with van der Waals surface area (Å²) in [5.74, 6) is 1.41. The molecule has 3 aliphatic rings. The highest BCUT2D eigenvalue weighted by Gasteiger charge is 2.55. The highest BCUT2D eigenvalue weighted by atomic mass is 32.1. The Morgan fingerprint density at radius 1 is 1.22 bits per heavy atom. The molecule has 5 rings (SSSR count). The third-order valence-electron chi connectivity index (χ3n) is 6.26. The second-order valence-corrected chi connectivity index (χ2v) is 9.17. The van der Waals surface area contributed by atoms with E-state index in [1.807, 2.05) is 28.6 Å². The van der Waals surface area contributed by atoms with Gasteiger partial charge in [-0.25, -0.2) is 9.97 Å². The van der Waals surface area contributed by atoms with E-state index in [1.54, 1.807) is 0 Å². The largest absolute Gasteiger partial charge is 0.341 e. The van der Waals surface area contributed by atoms with Crippen molar-refractivity contribution in [3.05, 3.63) is 40.3 Å². The number of thiophene rings is 1. The van der Waals surface area contributed by atoms with E-state index in [4.69, 9.17) is 4.98 Å². The van der Waals surface area contributed by atoms with Crippen LogP contribution in [0.15, 0.2) is 29.8 Å². The van der Waals surface area contributed by atoms with Gasteiger partial charge in [0.1, 0.15) is 0 Å². The minimum atomic E-state index is 0.123. The molecule has 0 saturated carbocycles. The lowest BCUT2D eigenvalue weighted by Crippen LogP contribution is -2.61. The lowest BCUT2D eigenvalue weighted by Gasteiger charge is -2.50. The number of likely N-dealkylation sites (N-methyl/N-ethyl adjacent to an activating group) is 1. The van der Waals surface area contributed by atoms with Gasteiger partial charge < -0.3 is 14.7 Å². The van der Waals surface area contributed by atoms with Gasteiger partial charge in [-0.2, -0.15) is 0 Å². The standard InChI is InChI=1S/C20H25N5OS/c1-23-11-15(16-6-7-21-19(22-16)24-8-2-3-9-24)20(12-23)13-25(14-20)18(26)17-5-4-10-27-17/h4-7,10,15H,2-3,8-9,11-14H2,1H3. The molecule has 6 nitrogen and oxygen atoms in total. The smallest absolute Gasteiger partial charge is 0.263 e. The lowest BCUT2D eigenvalue weighted by atomic mass is 9.70. The van der Waals surface area contributed by atoms with Crippen LogP contribution in [0.5, 0.6) is 0 Å². The molecule has 0 radical (unpaired) electrons. The molecule has 3 saturated heterocycles. The topological polar surface area (TPSA) is 52.6 Å². The van der Waals surface area contributed by atoms with Gasteiger partial charge in [0, 0.05) is 56.8 Å². The maximum absolute atomic E-state index is 12.7. The lowest BCUT2D eigenvalue weighted by molar-refractivity contribution is 0.00392. The molecular formula is C20H25N5OS. The third-order valence-corrected chi connectivity index (χ3v) is 7.12.